The highest BCUT2D eigenvalue weighted by molar-refractivity contribution is 5.95. The lowest BCUT2D eigenvalue weighted by Crippen LogP contribution is -2.44. The van der Waals surface area contributed by atoms with Crippen LogP contribution in [0.15, 0.2) is 53.6 Å². The van der Waals surface area contributed by atoms with Gasteiger partial charge in [0, 0.05) is 23.4 Å². The van der Waals surface area contributed by atoms with Crippen LogP contribution < -0.4 is 10.3 Å². The fourth-order valence-corrected chi connectivity index (χ4v) is 3.62. The van der Waals surface area contributed by atoms with Crippen molar-refractivity contribution in [2.75, 3.05) is 11.4 Å². The van der Waals surface area contributed by atoms with Gasteiger partial charge in [-0.15, -0.1) is 0 Å². The predicted octanol–water partition coefficient (Wildman–Crippen LogP) is 4.61. The Morgan fingerprint density at radius 2 is 2.04 bits per heavy atom. The van der Waals surface area contributed by atoms with Gasteiger partial charge in [-0.2, -0.15) is 5.10 Å². The van der Waals surface area contributed by atoms with Crippen LogP contribution in [0.1, 0.15) is 49.2 Å². The summed E-state index contributed by atoms with van der Waals surface area (Å²) in [6, 6.07) is 11.6. The Morgan fingerprint density at radius 3 is 2.74 bits per heavy atom. The smallest absolute Gasteiger partial charge is 0.271 e. The highest BCUT2D eigenvalue weighted by Crippen LogP contribution is 2.38. The quantitative estimate of drug-likeness (QED) is 0.635. The number of rotatable bonds is 4. The zero-order valence-electron chi connectivity index (χ0n) is 16.1. The van der Waals surface area contributed by atoms with Crippen molar-refractivity contribution in [2.45, 2.75) is 33.2 Å². The molecule has 0 aliphatic carbocycles. The molecule has 0 bridgehead atoms. The molecule has 1 aliphatic rings. The molecule has 0 fully saturated rings. The van der Waals surface area contributed by atoms with Crippen molar-refractivity contribution in [2.24, 2.45) is 5.10 Å². The molecular formula is C22H24FN3O. The van der Waals surface area contributed by atoms with Crippen LogP contribution in [-0.2, 0) is 0 Å². The molecule has 5 heteroatoms. The number of anilines is 1. The molecular weight excluding hydrogens is 341 g/mol. The number of allylic oxidation sites excluding steroid dienone is 1. The molecule has 1 amide bonds. The predicted molar refractivity (Wildman–Crippen MR) is 109 cm³/mol. The van der Waals surface area contributed by atoms with E-state index in [4.69, 9.17) is 0 Å². The van der Waals surface area contributed by atoms with Gasteiger partial charge in [-0.25, -0.2) is 9.82 Å². The Balaban J connectivity index is 1.79. The van der Waals surface area contributed by atoms with E-state index in [-0.39, 0.29) is 11.1 Å². The third-order valence-corrected chi connectivity index (χ3v) is 4.78. The SMILES string of the molecule is CCN1c2ccc(/C=N/NC(=O)c3cccc(F)c3)cc2C(C)=CC1(C)C. The summed E-state index contributed by atoms with van der Waals surface area (Å²) in [5.74, 6) is -0.898. The van der Waals surface area contributed by atoms with Crippen molar-refractivity contribution in [3.63, 3.8) is 0 Å². The van der Waals surface area contributed by atoms with Crippen LogP contribution in [0.5, 0.6) is 0 Å². The van der Waals surface area contributed by atoms with Crippen molar-refractivity contribution in [3.05, 3.63) is 71.0 Å². The van der Waals surface area contributed by atoms with Gasteiger partial charge in [0.15, 0.2) is 0 Å². The molecule has 4 nitrogen and oxygen atoms in total. The average Bonchev–Trinajstić information content (AvgIpc) is 2.61. The van der Waals surface area contributed by atoms with Crippen molar-refractivity contribution >= 4 is 23.4 Å². The van der Waals surface area contributed by atoms with Crippen LogP contribution in [0.2, 0.25) is 0 Å². The number of nitrogens with one attached hydrogen (secondary N) is 1. The van der Waals surface area contributed by atoms with Gasteiger partial charge < -0.3 is 4.90 Å². The minimum absolute atomic E-state index is 0.0274. The number of carbonyl (C=O) groups is 1. The maximum atomic E-state index is 13.2. The summed E-state index contributed by atoms with van der Waals surface area (Å²) in [5, 5.41) is 4.01. The summed E-state index contributed by atoms with van der Waals surface area (Å²) >= 11 is 0. The lowest BCUT2D eigenvalue weighted by molar-refractivity contribution is 0.0954. The van der Waals surface area contributed by atoms with Gasteiger partial charge in [-0.05, 0) is 69.2 Å². The monoisotopic (exact) mass is 365 g/mol. The Hall–Kier alpha value is -2.95. The molecule has 1 N–H and O–H groups in total. The molecule has 27 heavy (non-hydrogen) atoms. The summed E-state index contributed by atoms with van der Waals surface area (Å²) in [7, 11) is 0. The van der Waals surface area contributed by atoms with Crippen LogP contribution in [0.25, 0.3) is 5.57 Å². The Labute approximate surface area is 159 Å². The second kappa shape index (κ2) is 7.35. The first-order chi connectivity index (χ1) is 12.8. The second-order valence-electron chi connectivity index (χ2n) is 7.21. The van der Waals surface area contributed by atoms with Crippen LogP contribution >= 0.6 is 0 Å². The summed E-state index contributed by atoms with van der Waals surface area (Å²) in [6.45, 7) is 9.60. The molecule has 0 aromatic heterocycles. The number of carbonyl (C=O) groups excluding carboxylic acids is 1. The number of benzene rings is 2. The van der Waals surface area contributed by atoms with Crippen molar-refractivity contribution < 1.29 is 9.18 Å². The largest absolute Gasteiger partial charge is 0.363 e. The van der Waals surface area contributed by atoms with Gasteiger partial charge >= 0.3 is 0 Å². The molecule has 2 aromatic rings. The fourth-order valence-electron chi connectivity index (χ4n) is 3.62. The average molecular weight is 365 g/mol. The van der Waals surface area contributed by atoms with E-state index in [1.54, 1.807) is 12.3 Å². The fraction of sp³-hybridized carbons (Fsp3) is 0.273. The van der Waals surface area contributed by atoms with Crippen molar-refractivity contribution in [1.82, 2.24) is 5.43 Å². The molecule has 0 atom stereocenters. The first-order valence-electron chi connectivity index (χ1n) is 9.02. The Bertz CT molecular complexity index is 931. The molecule has 0 spiro atoms. The number of halogens is 1. The topological polar surface area (TPSA) is 44.7 Å². The maximum Gasteiger partial charge on any atom is 0.271 e. The molecule has 2 aromatic carbocycles. The minimum atomic E-state index is -0.452. The number of hydrogen-bond acceptors (Lipinski definition) is 3. The van der Waals surface area contributed by atoms with Crippen LogP contribution in [0.4, 0.5) is 10.1 Å². The van der Waals surface area contributed by atoms with Crippen LogP contribution in [0.3, 0.4) is 0 Å². The molecule has 1 heterocycles. The van der Waals surface area contributed by atoms with Crippen LogP contribution in [-0.4, -0.2) is 24.2 Å². The van der Waals surface area contributed by atoms with Gasteiger partial charge in [0.25, 0.3) is 5.91 Å². The van der Waals surface area contributed by atoms with E-state index in [0.717, 1.165) is 17.7 Å². The van der Waals surface area contributed by atoms with Gasteiger partial charge in [0.1, 0.15) is 5.82 Å². The minimum Gasteiger partial charge on any atom is -0.363 e. The number of fused-ring (bicyclic) bond motifs is 1. The molecule has 0 saturated heterocycles. The molecule has 140 valence electrons. The van der Waals surface area contributed by atoms with Crippen LogP contribution in [0, 0.1) is 5.82 Å². The normalized spacial score (nSPS) is 15.4. The first kappa shape index (κ1) is 18.8. The number of likely N-dealkylation sites (N-methyl/N-ethyl adjacent to an activating group) is 1. The van der Waals surface area contributed by atoms with Gasteiger partial charge in [-0.1, -0.05) is 18.2 Å². The van der Waals surface area contributed by atoms with Crippen molar-refractivity contribution in [3.8, 4) is 0 Å². The van der Waals surface area contributed by atoms with E-state index in [2.05, 4.69) is 61.3 Å². The zero-order valence-corrected chi connectivity index (χ0v) is 16.1. The standard InChI is InChI=1S/C22H24FN3O/c1-5-26-20-10-9-16(11-19(20)15(2)13-22(26,3)4)14-24-25-21(27)17-7-6-8-18(23)12-17/h6-14H,5H2,1-4H3,(H,25,27)/b24-14+. The summed E-state index contributed by atoms with van der Waals surface area (Å²) in [6.07, 6.45) is 3.87. The third-order valence-electron chi connectivity index (χ3n) is 4.78. The van der Waals surface area contributed by atoms with E-state index in [1.807, 2.05) is 6.07 Å². The third kappa shape index (κ3) is 3.92. The van der Waals surface area contributed by atoms with Gasteiger partial charge in [0.2, 0.25) is 0 Å². The Morgan fingerprint density at radius 1 is 1.26 bits per heavy atom. The van der Waals surface area contributed by atoms with Gasteiger partial charge in [0.05, 0.1) is 11.8 Å². The summed E-state index contributed by atoms with van der Waals surface area (Å²) in [4.78, 5) is 14.4. The second-order valence-corrected chi connectivity index (χ2v) is 7.21. The number of hydrogen-bond donors (Lipinski definition) is 1. The molecule has 0 radical (unpaired) electrons. The first-order valence-corrected chi connectivity index (χ1v) is 9.02. The van der Waals surface area contributed by atoms with Crippen molar-refractivity contribution in [1.29, 1.82) is 0 Å². The molecule has 0 unspecified atom stereocenters. The van der Waals surface area contributed by atoms with Gasteiger partial charge in [-0.3, -0.25) is 4.79 Å². The van der Waals surface area contributed by atoms with E-state index in [1.165, 1.54) is 29.5 Å². The number of amides is 1. The van der Waals surface area contributed by atoms with E-state index in [0.29, 0.717) is 0 Å². The summed E-state index contributed by atoms with van der Waals surface area (Å²) < 4.78 is 13.2. The maximum absolute atomic E-state index is 13.2. The Kier molecular flexibility index (Phi) is 5.13. The zero-order chi connectivity index (χ0) is 19.6. The number of nitrogens with zero attached hydrogens (tertiary/aromatic N) is 2. The molecule has 1 aliphatic heterocycles. The highest BCUT2D eigenvalue weighted by Gasteiger charge is 2.29. The number of hydrazone groups is 1. The lowest BCUT2D eigenvalue weighted by atomic mass is 9.88. The van der Waals surface area contributed by atoms with E-state index < -0.39 is 11.7 Å². The molecule has 0 saturated carbocycles. The summed E-state index contributed by atoms with van der Waals surface area (Å²) in [5.41, 5.74) is 7.11. The van der Waals surface area contributed by atoms with E-state index in [9.17, 15) is 9.18 Å². The molecule has 3 rings (SSSR count). The lowest BCUT2D eigenvalue weighted by Gasteiger charge is -2.42. The van der Waals surface area contributed by atoms with E-state index >= 15 is 0 Å². The highest BCUT2D eigenvalue weighted by atomic mass is 19.1.